The van der Waals surface area contributed by atoms with Gasteiger partial charge in [-0.15, -0.1) is 0 Å². The summed E-state index contributed by atoms with van der Waals surface area (Å²) < 4.78 is 40.3. The number of benzene rings is 1. The van der Waals surface area contributed by atoms with Gasteiger partial charge in [-0.2, -0.15) is 4.31 Å². The van der Waals surface area contributed by atoms with Gasteiger partial charge in [0.05, 0.1) is 0 Å². The number of hydrogen-bond acceptors (Lipinski definition) is 4. The Kier molecular flexibility index (Phi) is 4.20. The van der Waals surface area contributed by atoms with Gasteiger partial charge in [0.15, 0.2) is 0 Å². The quantitative estimate of drug-likeness (QED) is 0.809. The number of aryl methyl sites for hydroxylation is 1. The lowest BCUT2D eigenvalue weighted by Crippen LogP contribution is -2.50. The molecule has 6 nitrogen and oxygen atoms in total. The Balaban J connectivity index is 2.30. The first-order chi connectivity index (χ1) is 9.73. The number of nitrogen functional groups attached to an aromatic ring is 1. The first-order valence-electron chi connectivity index (χ1n) is 6.55. The molecule has 0 saturated carbocycles. The van der Waals surface area contributed by atoms with Crippen molar-refractivity contribution in [3.8, 4) is 0 Å². The van der Waals surface area contributed by atoms with Crippen LogP contribution in [0.4, 0.5) is 10.1 Å². The van der Waals surface area contributed by atoms with Gasteiger partial charge < -0.3 is 10.6 Å². The minimum absolute atomic E-state index is 0.0990. The van der Waals surface area contributed by atoms with Crippen LogP contribution in [0.3, 0.4) is 0 Å². The fourth-order valence-corrected chi connectivity index (χ4v) is 3.93. The van der Waals surface area contributed by atoms with E-state index < -0.39 is 20.7 Å². The zero-order chi connectivity index (χ0) is 15.8. The van der Waals surface area contributed by atoms with E-state index >= 15 is 0 Å². The van der Waals surface area contributed by atoms with E-state index in [2.05, 4.69) is 0 Å². The molecule has 0 bridgehead atoms. The van der Waals surface area contributed by atoms with Gasteiger partial charge in [0.2, 0.25) is 15.9 Å². The summed E-state index contributed by atoms with van der Waals surface area (Å²) in [6, 6.07) is 2.52. The van der Waals surface area contributed by atoms with Crippen molar-refractivity contribution in [2.75, 3.05) is 31.9 Å². The predicted molar refractivity (Wildman–Crippen MR) is 76.6 cm³/mol. The molecule has 1 aliphatic rings. The number of anilines is 1. The fraction of sp³-hybridized carbons (Fsp3) is 0.462. The molecule has 1 heterocycles. The highest BCUT2D eigenvalue weighted by Crippen LogP contribution is 2.25. The molecule has 0 atom stereocenters. The van der Waals surface area contributed by atoms with Gasteiger partial charge in [0.1, 0.15) is 10.7 Å². The molecule has 1 amide bonds. The van der Waals surface area contributed by atoms with E-state index in [0.29, 0.717) is 13.1 Å². The molecule has 1 aromatic rings. The van der Waals surface area contributed by atoms with Crippen LogP contribution in [0.1, 0.15) is 12.5 Å². The molecule has 0 unspecified atom stereocenters. The lowest BCUT2D eigenvalue weighted by Gasteiger charge is -2.33. The average Bonchev–Trinajstić information content (AvgIpc) is 2.42. The Morgan fingerprint density at radius 3 is 2.33 bits per heavy atom. The van der Waals surface area contributed by atoms with Crippen molar-refractivity contribution in [1.29, 1.82) is 0 Å². The monoisotopic (exact) mass is 315 g/mol. The van der Waals surface area contributed by atoms with E-state index in [4.69, 9.17) is 5.73 Å². The SMILES string of the molecule is CC(=O)N1CCN(S(=O)(=O)c2cc(N)cc(C)c2F)CC1. The van der Waals surface area contributed by atoms with Crippen LogP contribution in [0.15, 0.2) is 17.0 Å². The number of carbonyl (C=O) groups is 1. The molecule has 1 fully saturated rings. The van der Waals surface area contributed by atoms with Crippen molar-refractivity contribution in [3.63, 3.8) is 0 Å². The van der Waals surface area contributed by atoms with Crippen LogP contribution in [0.25, 0.3) is 0 Å². The highest BCUT2D eigenvalue weighted by atomic mass is 32.2. The second-order valence-electron chi connectivity index (χ2n) is 5.06. The number of nitrogens with zero attached hydrogens (tertiary/aromatic N) is 2. The van der Waals surface area contributed by atoms with Crippen LogP contribution in [-0.4, -0.2) is 49.7 Å². The van der Waals surface area contributed by atoms with Crippen molar-refractivity contribution in [2.45, 2.75) is 18.7 Å². The summed E-state index contributed by atoms with van der Waals surface area (Å²) in [6.45, 7) is 3.81. The standard InChI is InChI=1S/C13H18FN3O3S/c1-9-7-11(15)8-12(13(9)14)21(19,20)17-5-3-16(4-6-17)10(2)18/h7-8H,3-6,15H2,1-2H3. The number of nitrogens with two attached hydrogens (primary N) is 1. The number of carbonyl (C=O) groups excluding carboxylic acids is 1. The van der Waals surface area contributed by atoms with Gasteiger partial charge in [-0.1, -0.05) is 0 Å². The van der Waals surface area contributed by atoms with Crippen LogP contribution >= 0.6 is 0 Å². The van der Waals surface area contributed by atoms with E-state index in [1.807, 2.05) is 0 Å². The van der Waals surface area contributed by atoms with E-state index in [-0.39, 0.29) is 30.2 Å². The Morgan fingerprint density at radius 1 is 1.24 bits per heavy atom. The van der Waals surface area contributed by atoms with Gasteiger partial charge in [-0.05, 0) is 24.6 Å². The summed E-state index contributed by atoms with van der Waals surface area (Å²) in [5.74, 6) is -0.878. The van der Waals surface area contributed by atoms with Crippen LogP contribution in [0, 0.1) is 12.7 Å². The van der Waals surface area contributed by atoms with Gasteiger partial charge in [-0.25, -0.2) is 12.8 Å². The van der Waals surface area contributed by atoms with Crippen molar-refractivity contribution < 1.29 is 17.6 Å². The van der Waals surface area contributed by atoms with E-state index in [1.54, 1.807) is 4.90 Å². The van der Waals surface area contributed by atoms with Gasteiger partial charge >= 0.3 is 0 Å². The minimum Gasteiger partial charge on any atom is -0.399 e. The van der Waals surface area contributed by atoms with Gasteiger partial charge in [0, 0.05) is 38.8 Å². The number of hydrogen-bond donors (Lipinski definition) is 1. The summed E-state index contributed by atoms with van der Waals surface area (Å²) in [5.41, 5.74) is 6.01. The molecule has 21 heavy (non-hydrogen) atoms. The van der Waals surface area contributed by atoms with Crippen molar-refractivity contribution in [1.82, 2.24) is 9.21 Å². The maximum atomic E-state index is 14.1. The fourth-order valence-electron chi connectivity index (χ4n) is 2.33. The zero-order valence-corrected chi connectivity index (χ0v) is 12.8. The number of sulfonamides is 1. The molecule has 8 heteroatoms. The topological polar surface area (TPSA) is 83.7 Å². The lowest BCUT2D eigenvalue weighted by atomic mass is 10.2. The van der Waals surface area contributed by atoms with Crippen molar-refractivity contribution in [2.24, 2.45) is 0 Å². The van der Waals surface area contributed by atoms with Crippen molar-refractivity contribution >= 4 is 21.6 Å². The summed E-state index contributed by atoms with van der Waals surface area (Å²) in [5, 5.41) is 0. The van der Waals surface area contributed by atoms with Gasteiger partial charge in [-0.3, -0.25) is 4.79 Å². The maximum Gasteiger partial charge on any atom is 0.246 e. The summed E-state index contributed by atoms with van der Waals surface area (Å²) in [7, 11) is -3.95. The van der Waals surface area contributed by atoms with Crippen LogP contribution < -0.4 is 5.73 Å². The molecule has 1 aromatic carbocycles. The Hall–Kier alpha value is -1.67. The third-order valence-corrected chi connectivity index (χ3v) is 5.44. The molecule has 116 valence electrons. The zero-order valence-electron chi connectivity index (χ0n) is 12.0. The van der Waals surface area contributed by atoms with E-state index in [9.17, 15) is 17.6 Å². The molecule has 1 saturated heterocycles. The smallest absolute Gasteiger partial charge is 0.246 e. The average molecular weight is 315 g/mol. The normalized spacial score (nSPS) is 17.0. The van der Waals surface area contributed by atoms with Crippen molar-refractivity contribution in [3.05, 3.63) is 23.5 Å². The third kappa shape index (κ3) is 3.01. The number of rotatable bonds is 2. The second-order valence-corrected chi connectivity index (χ2v) is 6.97. The summed E-state index contributed by atoms with van der Waals surface area (Å²) >= 11 is 0. The molecule has 1 aliphatic heterocycles. The minimum atomic E-state index is -3.95. The molecule has 0 radical (unpaired) electrons. The Labute approximate surface area is 123 Å². The Bertz CT molecular complexity index is 667. The molecule has 2 N–H and O–H groups in total. The lowest BCUT2D eigenvalue weighted by molar-refractivity contribution is -0.129. The summed E-state index contributed by atoms with van der Waals surface area (Å²) in [4.78, 5) is 12.4. The summed E-state index contributed by atoms with van der Waals surface area (Å²) in [6.07, 6.45) is 0. The highest BCUT2D eigenvalue weighted by molar-refractivity contribution is 7.89. The second kappa shape index (κ2) is 5.61. The van der Waals surface area contributed by atoms with Gasteiger partial charge in [0.25, 0.3) is 0 Å². The van der Waals surface area contributed by atoms with Crippen LogP contribution in [0.2, 0.25) is 0 Å². The maximum absolute atomic E-state index is 14.1. The largest absolute Gasteiger partial charge is 0.399 e. The predicted octanol–water partition coefficient (Wildman–Crippen LogP) is 0.569. The molecule has 2 rings (SSSR count). The Morgan fingerprint density at radius 2 is 1.81 bits per heavy atom. The number of halogens is 1. The molecule has 0 spiro atoms. The van der Waals surface area contributed by atoms with Crippen LogP contribution in [-0.2, 0) is 14.8 Å². The number of piperazine rings is 1. The van der Waals surface area contributed by atoms with Crippen LogP contribution in [0.5, 0.6) is 0 Å². The molecule has 0 aliphatic carbocycles. The first-order valence-corrected chi connectivity index (χ1v) is 7.99. The number of amides is 1. The first kappa shape index (κ1) is 15.7. The molecular formula is C13H18FN3O3S. The highest BCUT2D eigenvalue weighted by Gasteiger charge is 2.31. The molecular weight excluding hydrogens is 297 g/mol. The van der Waals surface area contributed by atoms with E-state index in [1.165, 1.54) is 24.2 Å². The van der Waals surface area contributed by atoms with E-state index in [0.717, 1.165) is 6.07 Å². The molecule has 0 aromatic heterocycles. The third-order valence-electron chi connectivity index (χ3n) is 3.55.